The third-order valence-electron chi connectivity index (χ3n) is 5.68. The van der Waals surface area contributed by atoms with Crippen molar-refractivity contribution in [3.63, 3.8) is 0 Å². The van der Waals surface area contributed by atoms with E-state index in [9.17, 15) is 14.3 Å². The lowest BCUT2D eigenvalue weighted by molar-refractivity contribution is 0.0694. The van der Waals surface area contributed by atoms with Crippen molar-refractivity contribution in [2.75, 3.05) is 0 Å². The molecule has 0 amide bonds. The predicted octanol–water partition coefficient (Wildman–Crippen LogP) is 3.11. The van der Waals surface area contributed by atoms with E-state index in [1.54, 1.807) is 24.4 Å². The number of carboxylic acid groups (broad SMARTS) is 1. The number of H-pyrrole nitrogens is 1. The van der Waals surface area contributed by atoms with Gasteiger partial charge in [0.05, 0.1) is 22.5 Å². The van der Waals surface area contributed by atoms with Crippen LogP contribution in [0.5, 0.6) is 0 Å². The number of aromatic amines is 1. The van der Waals surface area contributed by atoms with Crippen LogP contribution in [-0.2, 0) is 19.3 Å². The summed E-state index contributed by atoms with van der Waals surface area (Å²) in [5, 5.41) is 9.80. The standard InChI is InChI=1S/C21H19FN4O2/c22-14-4-2-1-3-12(14)19-24-10-11-5-6-13-16(20(27)28)15(9-21(23)7-8-21)25-18(13)17(11)26-19/h1-4,10,25H,5-9,23H2,(H,27,28). The summed E-state index contributed by atoms with van der Waals surface area (Å²) in [5.74, 6) is -1.06. The van der Waals surface area contributed by atoms with Crippen molar-refractivity contribution in [3.05, 3.63) is 58.7 Å². The largest absolute Gasteiger partial charge is 0.478 e. The maximum Gasteiger partial charge on any atom is 0.337 e. The number of aryl methyl sites for hydroxylation is 1. The first-order valence-electron chi connectivity index (χ1n) is 9.32. The number of hydrogen-bond acceptors (Lipinski definition) is 4. The van der Waals surface area contributed by atoms with Crippen LogP contribution in [0.2, 0.25) is 0 Å². The van der Waals surface area contributed by atoms with E-state index in [1.165, 1.54) is 6.07 Å². The van der Waals surface area contributed by atoms with Crippen LogP contribution in [0.4, 0.5) is 4.39 Å². The molecule has 0 unspecified atom stereocenters. The average Bonchev–Trinajstić information content (AvgIpc) is 3.27. The Bertz CT molecular complexity index is 1120. The molecule has 3 aromatic rings. The average molecular weight is 378 g/mol. The van der Waals surface area contributed by atoms with Crippen LogP contribution in [-0.4, -0.2) is 31.6 Å². The number of hydrogen-bond donors (Lipinski definition) is 3. The molecule has 2 aromatic heterocycles. The highest BCUT2D eigenvalue weighted by Crippen LogP contribution is 2.40. The van der Waals surface area contributed by atoms with Gasteiger partial charge in [-0.2, -0.15) is 0 Å². The van der Waals surface area contributed by atoms with Gasteiger partial charge in [-0.25, -0.2) is 19.2 Å². The van der Waals surface area contributed by atoms with Crippen LogP contribution in [0, 0.1) is 5.82 Å². The molecule has 2 aliphatic carbocycles. The van der Waals surface area contributed by atoms with E-state index in [2.05, 4.69) is 15.0 Å². The van der Waals surface area contributed by atoms with Crippen LogP contribution >= 0.6 is 0 Å². The normalized spacial score (nSPS) is 16.4. The van der Waals surface area contributed by atoms with Gasteiger partial charge in [-0.15, -0.1) is 0 Å². The number of nitrogens with zero attached hydrogens (tertiary/aromatic N) is 2. The van der Waals surface area contributed by atoms with E-state index in [1.807, 2.05) is 0 Å². The molecule has 7 heteroatoms. The molecule has 0 atom stereocenters. The van der Waals surface area contributed by atoms with Gasteiger partial charge in [-0.1, -0.05) is 12.1 Å². The molecule has 142 valence electrons. The zero-order chi connectivity index (χ0) is 19.5. The molecular formula is C21H19FN4O2. The van der Waals surface area contributed by atoms with E-state index in [4.69, 9.17) is 5.73 Å². The molecule has 0 spiro atoms. The molecule has 1 aromatic carbocycles. The lowest BCUT2D eigenvalue weighted by Gasteiger charge is -2.16. The number of aromatic carboxylic acids is 1. The summed E-state index contributed by atoms with van der Waals surface area (Å²) in [6, 6.07) is 6.36. The fraction of sp³-hybridized carbons (Fsp3) is 0.286. The number of nitrogens with one attached hydrogen (secondary N) is 1. The Morgan fingerprint density at radius 2 is 2.07 bits per heavy atom. The van der Waals surface area contributed by atoms with Crippen LogP contribution < -0.4 is 5.73 Å². The fourth-order valence-corrected chi connectivity index (χ4v) is 3.97. The van der Waals surface area contributed by atoms with Gasteiger partial charge < -0.3 is 15.8 Å². The Hall–Kier alpha value is -3.06. The summed E-state index contributed by atoms with van der Waals surface area (Å²) in [5.41, 5.74) is 10.2. The van der Waals surface area contributed by atoms with Gasteiger partial charge in [0, 0.05) is 23.9 Å². The number of carboxylic acids is 1. The van der Waals surface area contributed by atoms with Crippen LogP contribution in [0.15, 0.2) is 30.5 Å². The fourth-order valence-electron chi connectivity index (χ4n) is 3.97. The number of halogens is 1. The molecule has 6 nitrogen and oxygen atoms in total. The van der Waals surface area contributed by atoms with E-state index < -0.39 is 11.8 Å². The Labute approximate surface area is 160 Å². The van der Waals surface area contributed by atoms with Gasteiger partial charge in [0.15, 0.2) is 5.82 Å². The summed E-state index contributed by atoms with van der Waals surface area (Å²) >= 11 is 0. The summed E-state index contributed by atoms with van der Waals surface area (Å²) in [4.78, 5) is 24.2. The molecule has 0 radical (unpaired) electrons. The second-order valence-electron chi connectivity index (χ2n) is 7.72. The minimum atomic E-state index is -0.955. The lowest BCUT2D eigenvalue weighted by Crippen LogP contribution is -2.25. The SMILES string of the molecule is NC1(Cc2[nH]c3c(c2C(=O)O)CCc2cnc(-c4ccccc4F)nc2-3)CC1. The highest BCUT2D eigenvalue weighted by Gasteiger charge is 2.41. The molecule has 1 fully saturated rings. The van der Waals surface area contributed by atoms with E-state index in [0.717, 1.165) is 24.0 Å². The van der Waals surface area contributed by atoms with Crippen LogP contribution in [0.25, 0.3) is 22.8 Å². The maximum atomic E-state index is 14.2. The van der Waals surface area contributed by atoms with E-state index in [0.29, 0.717) is 47.5 Å². The number of carbonyl (C=O) groups is 1. The number of fused-ring (bicyclic) bond motifs is 3. The zero-order valence-corrected chi connectivity index (χ0v) is 15.1. The first-order valence-corrected chi connectivity index (χ1v) is 9.32. The molecule has 4 N–H and O–H groups in total. The second kappa shape index (κ2) is 5.97. The number of benzene rings is 1. The lowest BCUT2D eigenvalue weighted by atomic mass is 9.91. The summed E-state index contributed by atoms with van der Waals surface area (Å²) in [6.45, 7) is 0. The minimum Gasteiger partial charge on any atom is -0.478 e. The van der Waals surface area contributed by atoms with Gasteiger partial charge in [0.25, 0.3) is 0 Å². The Morgan fingerprint density at radius 1 is 1.29 bits per heavy atom. The molecule has 2 heterocycles. The van der Waals surface area contributed by atoms with Crippen molar-refractivity contribution < 1.29 is 14.3 Å². The van der Waals surface area contributed by atoms with E-state index in [-0.39, 0.29) is 11.4 Å². The van der Waals surface area contributed by atoms with Crippen molar-refractivity contribution in [3.8, 4) is 22.8 Å². The molecule has 5 rings (SSSR count). The summed E-state index contributed by atoms with van der Waals surface area (Å²) in [6.07, 6.45) is 5.24. The van der Waals surface area contributed by atoms with Crippen LogP contribution in [0.3, 0.4) is 0 Å². The van der Waals surface area contributed by atoms with Crippen molar-refractivity contribution in [1.29, 1.82) is 0 Å². The molecule has 0 bridgehead atoms. The third kappa shape index (κ3) is 2.70. The van der Waals surface area contributed by atoms with Gasteiger partial charge in [-0.05, 0) is 48.9 Å². The molecule has 2 aliphatic rings. The molecule has 28 heavy (non-hydrogen) atoms. The molecular weight excluding hydrogens is 359 g/mol. The van der Waals surface area contributed by atoms with Gasteiger partial charge in [0.1, 0.15) is 5.82 Å². The first kappa shape index (κ1) is 17.1. The van der Waals surface area contributed by atoms with Crippen molar-refractivity contribution in [1.82, 2.24) is 15.0 Å². The predicted molar refractivity (Wildman–Crippen MR) is 101 cm³/mol. The van der Waals surface area contributed by atoms with Gasteiger partial charge in [-0.3, -0.25) is 0 Å². The number of nitrogens with two attached hydrogens (primary N) is 1. The van der Waals surface area contributed by atoms with Crippen molar-refractivity contribution in [2.45, 2.75) is 37.6 Å². The summed E-state index contributed by atoms with van der Waals surface area (Å²) < 4.78 is 14.2. The number of rotatable bonds is 4. The molecule has 0 aliphatic heterocycles. The number of aromatic nitrogens is 3. The topological polar surface area (TPSA) is 105 Å². The Kier molecular flexibility index (Phi) is 3.64. The molecule has 0 saturated heterocycles. The smallest absolute Gasteiger partial charge is 0.337 e. The Morgan fingerprint density at radius 3 is 2.79 bits per heavy atom. The van der Waals surface area contributed by atoms with E-state index >= 15 is 0 Å². The highest BCUT2D eigenvalue weighted by molar-refractivity contribution is 5.94. The zero-order valence-electron chi connectivity index (χ0n) is 15.1. The minimum absolute atomic E-state index is 0.287. The van der Waals surface area contributed by atoms with Crippen molar-refractivity contribution >= 4 is 5.97 Å². The maximum absolute atomic E-state index is 14.2. The first-order chi connectivity index (χ1) is 13.5. The Balaban J connectivity index is 1.66. The van der Waals surface area contributed by atoms with Gasteiger partial charge >= 0.3 is 5.97 Å². The van der Waals surface area contributed by atoms with Gasteiger partial charge in [0.2, 0.25) is 0 Å². The third-order valence-corrected chi connectivity index (χ3v) is 5.68. The van der Waals surface area contributed by atoms with Crippen LogP contribution in [0.1, 0.15) is 40.0 Å². The van der Waals surface area contributed by atoms with Crippen molar-refractivity contribution in [2.24, 2.45) is 5.73 Å². The molecule has 1 saturated carbocycles. The summed E-state index contributed by atoms with van der Waals surface area (Å²) in [7, 11) is 0. The quantitative estimate of drug-likeness (QED) is 0.647. The highest BCUT2D eigenvalue weighted by atomic mass is 19.1. The monoisotopic (exact) mass is 378 g/mol. The second-order valence-corrected chi connectivity index (χ2v) is 7.72.